The van der Waals surface area contributed by atoms with Crippen LogP contribution < -0.4 is 10.1 Å². The fraction of sp³-hybridized carbons (Fsp3) is 0.394. The van der Waals surface area contributed by atoms with Crippen molar-refractivity contribution >= 4 is 28.4 Å². The number of H-pyrrole nitrogens is 1. The van der Waals surface area contributed by atoms with Gasteiger partial charge >= 0.3 is 0 Å². The van der Waals surface area contributed by atoms with E-state index in [-0.39, 0.29) is 18.1 Å². The molecule has 2 fully saturated rings. The maximum Gasteiger partial charge on any atom is 0.251 e. The smallest absolute Gasteiger partial charge is 0.251 e. The number of aromatic amines is 1. The van der Waals surface area contributed by atoms with E-state index >= 15 is 0 Å². The van der Waals surface area contributed by atoms with Crippen LogP contribution in [0.5, 0.6) is 5.75 Å². The Bertz CT molecular complexity index is 1490. The van der Waals surface area contributed by atoms with Gasteiger partial charge in [-0.15, -0.1) is 0 Å². The molecule has 0 spiro atoms. The van der Waals surface area contributed by atoms with Gasteiger partial charge in [-0.3, -0.25) is 14.8 Å². The number of ether oxygens (including phenoxy) is 2. The van der Waals surface area contributed by atoms with E-state index in [4.69, 9.17) is 21.1 Å². The molecule has 6 rings (SSSR count). The van der Waals surface area contributed by atoms with Crippen LogP contribution in [0.25, 0.3) is 22.2 Å². The number of rotatable bonds is 9. The third-order valence-electron chi connectivity index (χ3n) is 8.16. The average molecular weight is 573 g/mol. The number of carbonyl (C=O) groups excluding carboxylic acids is 1. The van der Waals surface area contributed by atoms with Crippen LogP contribution in [0.4, 0.5) is 0 Å². The molecule has 7 nitrogen and oxygen atoms in total. The van der Waals surface area contributed by atoms with Gasteiger partial charge in [0.15, 0.2) is 0 Å². The molecular formula is C33H37ClN4O3. The van der Waals surface area contributed by atoms with Crippen molar-refractivity contribution in [2.24, 2.45) is 5.92 Å². The van der Waals surface area contributed by atoms with E-state index in [2.05, 4.69) is 34.3 Å². The highest BCUT2D eigenvalue weighted by atomic mass is 35.5. The Balaban J connectivity index is 1.15. The molecule has 8 heteroatoms. The van der Waals surface area contributed by atoms with E-state index in [0.29, 0.717) is 22.5 Å². The van der Waals surface area contributed by atoms with Gasteiger partial charge in [-0.25, -0.2) is 0 Å². The second-order valence-electron chi connectivity index (χ2n) is 11.6. The summed E-state index contributed by atoms with van der Waals surface area (Å²) >= 11 is 6.50. The number of benzene rings is 3. The van der Waals surface area contributed by atoms with Crippen LogP contribution >= 0.6 is 11.6 Å². The lowest BCUT2D eigenvalue weighted by atomic mass is 9.96. The lowest BCUT2D eigenvalue weighted by molar-refractivity contribution is -0.0778. The number of aromatic nitrogens is 2. The SMILES string of the molecule is CC(C)C[C@H](NC(=O)c1ccc2[nH]nc(-c3ccc(OC4CCN(C5COC5)CC4)cc3)c2c1)c1ccccc1Cl. The Morgan fingerprint density at radius 3 is 2.54 bits per heavy atom. The second kappa shape index (κ2) is 12.2. The van der Waals surface area contributed by atoms with Crippen molar-refractivity contribution in [2.45, 2.75) is 51.3 Å². The Morgan fingerprint density at radius 2 is 1.85 bits per heavy atom. The summed E-state index contributed by atoms with van der Waals surface area (Å²) in [7, 11) is 0. The molecule has 1 amide bonds. The number of likely N-dealkylation sites (tertiary alicyclic amines) is 1. The van der Waals surface area contributed by atoms with Crippen LogP contribution in [0.2, 0.25) is 5.02 Å². The summed E-state index contributed by atoms with van der Waals surface area (Å²) in [5.41, 5.74) is 4.17. The van der Waals surface area contributed by atoms with Crippen molar-refractivity contribution < 1.29 is 14.3 Å². The molecule has 2 saturated heterocycles. The summed E-state index contributed by atoms with van der Waals surface area (Å²) < 4.78 is 11.6. The minimum atomic E-state index is -0.178. The van der Waals surface area contributed by atoms with Gasteiger partial charge in [0.2, 0.25) is 0 Å². The molecule has 41 heavy (non-hydrogen) atoms. The van der Waals surface area contributed by atoms with Crippen LogP contribution in [0.1, 0.15) is 55.1 Å². The zero-order chi connectivity index (χ0) is 28.3. The Morgan fingerprint density at radius 1 is 1.10 bits per heavy atom. The van der Waals surface area contributed by atoms with Crippen LogP contribution in [-0.2, 0) is 4.74 Å². The molecule has 2 N–H and O–H groups in total. The number of piperidine rings is 1. The fourth-order valence-corrected chi connectivity index (χ4v) is 6.05. The number of fused-ring (bicyclic) bond motifs is 1. The lowest BCUT2D eigenvalue weighted by Crippen LogP contribution is -2.52. The predicted molar refractivity (Wildman–Crippen MR) is 162 cm³/mol. The number of hydrogen-bond donors (Lipinski definition) is 2. The minimum Gasteiger partial charge on any atom is -0.490 e. The van der Waals surface area contributed by atoms with Crippen molar-refractivity contribution in [2.75, 3.05) is 26.3 Å². The maximum absolute atomic E-state index is 13.4. The maximum atomic E-state index is 13.4. The molecule has 2 aliphatic heterocycles. The topological polar surface area (TPSA) is 79.5 Å². The summed E-state index contributed by atoms with van der Waals surface area (Å²) in [5.74, 6) is 1.13. The molecule has 3 heterocycles. The standard InChI is InChI=1S/C33H37ClN4O3/c1-21(2)17-31(27-5-3-4-6-29(27)34)35-33(39)23-9-12-30-28(18-23)32(37-36-30)22-7-10-25(11-8-22)41-26-13-15-38(16-14-26)24-19-40-20-24/h3-12,18,21,24,26,31H,13-17,19-20H2,1-2H3,(H,35,39)(H,36,37)/t31-/m0/s1. The number of nitrogens with zero attached hydrogens (tertiary/aromatic N) is 2. The Labute approximate surface area is 246 Å². The molecule has 0 aliphatic carbocycles. The molecule has 0 saturated carbocycles. The second-order valence-corrected chi connectivity index (χ2v) is 12.0. The molecule has 0 unspecified atom stereocenters. The quantitative estimate of drug-likeness (QED) is 0.235. The van der Waals surface area contributed by atoms with Crippen molar-refractivity contribution in [1.29, 1.82) is 0 Å². The molecular weight excluding hydrogens is 536 g/mol. The molecule has 2 aliphatic rings. The van der Waals surface area contributed by atoms with E-state index < -0.39 is 0 Å². The van der Waals surface area contributed by atoms with Crippen LogP contribution in [0.3, 0.4) is 0 Å². The fourth-order valence-electron chi connectivity index (χ4n) is 5.79. The van der Waals surface area contributed by atoms with E-state index in [1.807, 2.05) is 66.7 Å². The van der Waals surface area contributed by atoms with Crippen molar-refractivity contribution in [3.63, 3.8) is 0 Å². The van der Waals surface area contributed by atoms with E-state index in [9.17, 15) is 4.79 Å². The number of halogens is 1. The van der Waals surface area contributed by atoms with Crippen molar-refractivity contribution in [3.8, 4) is 17.0 Å². The number of carbonyl (C=O) groups is 1. The molecule has 0 bridgehead atoms. The van der Waals surface area contributed by atoms with Gasteiger partial charge in [0.1, 0.15) is 11.9 Å². The van der Waals surface area contributed by atoms with Crippen molar-refractivity contribution in [3.05, 3.63) is 82.9 Å². The molecule has 0 radical (unpaired) electrons. The zero-order valence-electron chi connectivity index (χ0n) is 23.6. The first-order valence-corrected chi connectivity index (χ1v) is 14.9. The molecule has 4 aromatic rings. The van der Waals surface area contributed by atoms with Gasteiger partial charge < -0.3 is 14.8 Å². The molecule has 214 valence electrons. The monoisotopic (exact) mass is 572 g/mol. The summed E-state index contributed by atoms with van der Waals surface area (Å²) in [4.78, 5) is 16.0. The first-order chi connectivity index (χ1) is 19.9. The Hall–Kier alpha value is -3.39. The highest BCUT2D eigenvalue weighted by Crippen LogP contribution is 2.31. The van der Waals surface area contributed by atoms with Crippen LogP contribution in [0, 0.1) is 5.92 Å². The molecule has 3 aromatic carbocycles. The van der Waals surface area contributed by atoms with E-state index in [0.717, 1.165) is 79.0 Å². The highest BCUT2D eigenvalue weighted by molar-refractivity contribution is 6.31. The van der Waals surface area contributed by atoms with Crippen molar-refractivity contribution in [1.82, 2.24) is 20.4 Å². The third kappa shape index (κ3) is 6.27. The molecule has 1 aromatic heterocycles. The lowest BCUT2D eigenvalue weighted by Gasteiger charge is -2.41. The average Bonchev–Trinajstić information content (AvgIpc) is 3.37. The first-order valence-electron chi connectivity index (χ1n) is 14.6. The predicted octanol–water partition coefficient (Wildman–Crippen LogP) is 6.64. The number of hydrogen-bond acceptors (Lipinski definition) is 5. The summed E-state index contributed by atoms with van der Waals surface area (Å²) in [6.07, 6.45) is 3.08. The first kappa shape index (κ1) is 27.8. The van der Waals surface area contributed by atoms with Crippen LogP contribution in [0.15, 0.2) is 66.7 Å². The van der Waals surface area contributed by atoms with Crippen LogP contribution in [-0.4, -0.2) is 59.5 Å². The van der Waals surface area contributed by atoms with Gasteiger partial charge in [0, 0.05) is 34.6 Å². The third-order valence-corrected chi connectivity index (χ3v) is 8.51. The summed E-state index contributed by atoms with van der Waals surface area (Å²) in [6.45, 7) is 8.13. The zero-order valence-corrected chi connectivity index (χ0v) is 24.4. The Kier molecular flexibility index (Phi) is 8.28. The summed E-state index contributed by atoms with van der Waals surface area (Å²) in [6, 6.07) is 21.9. The summed E-state index contributed by atoms with van der Waals surface area (Å²) in [5, 5.41) is 12.5. The number of nitrogens with one attached hydrogen (secondary N) is 2. The van der Waals surface area contributed by atoms with Gasteiger partial charge in [-0.2, -0.15) is 5.10 Å². The van der Waals surface area contributed by atoms with Gasteiger partial charge in [0.05, 0.1) is 36.5 Å². The van der Waals surface area contributed by atoms with Gasteiger partial charge in [-0.1, -0.05) is 43.6 Å². The minimum absolute atomic E-state index is 0.135. The van der Waals surface area contributed by atoms with Gasteiger partial charge in [-0.05, 0) is 79.3 Å². The van der Waals surface area contributed by atoms with E-state index in [1.165, 1.54) is 0 Å². The molecule has 1 atom stereocenters. The highest BCUT2D eigenvalue weighted by Gasteiger charge is 2.30. The normalized spacial score (nSPS) is 17.5. The van der Waals surface area contributed by atoms with E-state index in [1.54, 1.807) is 0 Å². The number of amides is 1. The van der Waals surface area contributed by atoms with Gasteiger partial charge in [0.25, 0.3) is 5.91 Å². The largest absolute Gasteiger partial charge is 0.490 e.